The summed E-state index contributed by atoms with van der Waals surface area (Å²) in [6.07, 6.45) is 0. The van der Waals surface area contributed by atoms with E-state index in [-0.39, 0.29) is 5.54 Å². The fourth-order valence-electron chi connectivity index (χ4n) is 2.67. The van der Waals surface area contributed by atoms with E-state index < -0.39 is 0 Å². The van der Waals surface area contributed by atoms with Crippen molar-refractivity contribution in [1.29, 1.82) is 0 Å². The minimum atomic E-state index is 0.120. The van der Waals surface area contributed by atoms with Crippen molar-refractivity contribution in [3.8, 4) is 0 Å². The zero-order valence-corrected chi connectivity index (χ0v) is 15.2. The van der Waals surface area contributed by atoms with Gasteiger partial charge in [0.15, 0.2) is 0 Å². The van der Waals surface area contributed by atoms with Gasteiger partial charge in [-0.3, -0.25) is 4.90 Å². The number of rotatable bonds is 4. The van der Waals surface area contributed by atoms with Gasteiger partial charge in [0, 0.05) is 41.2 Å². The lowest BCUT2D eigenvalue weighted by molar-refractivity contribution is 0.251. The predicted octanol–water partition coefficient (Wildman–Crippen LogP) is 3.80. The van der Waals surface area contributed by atoms with Crippen molar-refractivity contribution in [2.75, 3.05) is 18.8 Å². The molecule has 0 amide bonds. The van der Waals surface area contributed by atoms with Gasteiger partial charge in [0.2, 0.25) is 0 Å². The predicted molar refractivity (Wildman–Crippen MR) is 91.9 cm³/mol. The zero-order chi connectivity index (χ0) is 15.7. The standard InChI is InChI=1S/C17H30N2OS/c1-13-14(9-15(20-13)10-18-16(2,3)4)11-19-7-8-21-17(5,6)12-19/h9,18H,7-8,10-12H2,1-6H3. The zero-order valence-electron chi connectivity index (χ0n) is 14.4. The van der Waals surface area contributed by atoms with Gasteiger partial charge in [0.1, 0.15) is 11.5 Å². The summed E-state index contributed by atoms with van der Waals surface area (Å²) >= 11 is 2.08. The van der Waals surface area contributed by atoms with Crippen molar-refractivity contribution in [2.24, 2.45) is 0 Å². The molecule has 1 N–H and O–H groups in total. The molecule has 0 aliphatic carbocycles. The van der Waals surface area contributed by atoms with Crippen LogP contribution in [-0.4, -0.2) is 34.0 Å². The molecule has 0 radical (unpaired) electrons. The Morgan fingerprint density at radius 3 is 2.71 bits per heavy atom. The molecular formula is C17H30N2OS. The maximum atomic E-state index is 5.91. The maximum Gasteiger partial charge on any atom is 0.118 e. The third-order valence-corrected chi connectivity index (χ3v) is 5.06. The molecule has 120 valence electrons. The Morgan fingerprint density at radius 1 is 1.38 bits per heavy atom. The van der Waals surface area contributed by atoms with Gasteiger partial charge in [-0.1, -0.05) is 0 Å². The lowest BCUT2D eigenvalue weighted by Crippen LogP contribution is -2.42. The second kappa shape index (κ2) is 6.35. The van der Waals surface area contributed by atoms with Crippen molar-refractivity contribution in [2.45, 2.75) is 64.9 Å². The average molecular weight is 311 g/mol. The Kier molecular flexibility index (Phi) is 5.11. The summed E-state index contributed by atoms with van der Waals surface area (Å²) in [7, 11) is 0. The van der Waals surface area contributed by atoms with E-state index in [0.29, 0.717) is 4.75 Å². The van der Waals surface area contributed by atoms with Gasteiger partial charge in [-0.05, 0) is 47.6 Å². The first-order valence-electron chi connectivity index (χ1n) is 7.84. The Morgan fingerprint density at radius 2 is 2.10 bits per heavy atom. The minimum absolute atomic E-state index is 0.120. The van der Waals surface area contributed by atoms with E-state index in [1.807, 2.05) is 0 Å². The van der Waals surface area contributed by atoms with E-state index in [1.54, 1.807) is 0 Å². The van der Waals surface area contributed by atoms with Crippen LogP contribution in [0.2, 0.25) is 0 Å². The summed E-state index contributed by atoms with van der Waals surface area (Å²) in [4.78, 5) is 2.55. The van der Waals surface area contributed by atoms with Crippen molar-refractivity contribution in [1.82, 2.24) is 10.2 Å². The van der Waals surface area contributed by atoms with Crippen LogP contribution < -0.4 is 5.32 Å². The molecule has 0 unspecified atom stereocenters. The van der Waals surface area contributed by atoms with Crippen molar-refractivity contribution < 1.29 is 4.42 Å². The number of nitrogens with zero attached hydrogens (tertiary/aromatic N) is 1. The largest absolute Gasteiger partial charge is 0.465 e. The highest BCUT2D eigenvalue weighted by molar-refractivity contribution is 8.00. The van der Waals surface area contributed by atoms with E-state index in [1.165, 1.54) is 17.9 Å². The summed E-state index contributed by atoms with van der Waals surface area (Å²) in [6.45, 7) is 17.4. The van der Waals surface area contributed by atoms with Gasteiger partial charge in [-0.2, -0.15) is 11.8 Å². The molecule has 0 atom stereocenters. The Bertz CT molecular complexity index is 474. The normalized spacial score (nSPS) is 19.9. The first-order chi connectivity index (χ1) is 9.65. The molecule has 1 aliphatic heterocycles. The Labute approximate surface area is 133 Å². The Balaban J connectivity index is 1.96. The molecule has 2 heterocycles. The van der Waals surface area contributed by atoms with Gasteiger partial charge in [0.05, 0.1) is 6.54 Å². The van der Waals surface area contributed by atoms with Crippen LogP contribution in [0.4, 0.5) is 0 Å². The molecule has 3 nitrogen and oxygen atoms in total. The third-order valence-electron chi connectivity index (χ3n) is 3.76. The van der Waals surface area contributed by atoms with Crippen LogP contribution in [0, 0.1) is 6.92 Å². The fourth-order valence-corrected chi connectivity index (χ4v) is 3.85. The second-order valence-corrected chi connectivity index (χ2v) is 9.52. The highest BCUT2D eigenvalue weighted by Crippen LogP contribution is 2.30. The average Bonchev–Trinajstić information content (AvgIpc) is 2.66. The molecule has 1 aliphatic rings. The lowest BCUT2D eigenvalue weighted by Gasteiger charge is -2.37. The molecule has 0 aromatic carbocycles. The molecule has 1 fully saturated rings. The Hall–Kier alpha value is -0.450. The maximum absolute atomic E-state index is 5.91. The monoisotopic (exact) mass is 310 g/mol. The first kappa shape index (κ1) is 16.9. The molecule has 4 heteroatoms. The molecule has 1 aromatic heterocycles. The topological polar surface area (TPSA) is 28.4 Å². The smallest absolute Gasteiger partial charge is 0.118 e. The fraction of sp³-hybridized carbons (Fsp3) is 0.765. The molecule has 1 aromatic rings. The van der Waals surface area contributed by atoms with Gasteiger partial charge < -0.3 is 9.73 Å². The molecule has 2 rings (SSSR count). The van der Waals surface area contributed by atoms with Crippen LogP contribution in [0.3, 0.4) is 0 Å². The number of nitrogens with one attached hydrogen (secondary N) is 1. The SMILES string of the molecule is Cc1oc(CNC(C)(C)C)cc1CN1CCSC(C)(C)C1. The quantitative estimate of drug-likeness (QED) is 0.915. The van der Waals surface area contributed by atoms with Crippen LogP contribution in [-0.2, 0) is 13.1 Å². The summed E-state index contributed by atoms with van der Waals surface area (Å²) < 4.78 is 6.28. The van der Waals surface area contributed by atoms with Crippen LogP contribution in [0.1, 0.15) is 51.7 Å². The first-order valence-corrected chi connectivity index (χ1v) is 8.83. The second-order valence-electron chi connectivity index (χ2n) is 7.72. The van der Waals surface area contributed by atoms with Crippen molar-refractivity contribution in [3.05, 3.63) is 23.2 Å². The van der Waals surface area contributed by atoms with E-state index in [4.69, 9.17) is 4.42 Å². The lowest BCUT2D eigenvalue weighted by atomic mass is 10.1. The molecular weight excluding hydrogens is 280 g/mol. The number of thioether (sulfide) groups is 1. The van der Waals surface area contributed by atoms with Crippen LogP contribution in [0.15, 0.2) is 10.5 Å². The van der Waals surface area contributed by atoms with Crippen molar-refractivity contribution in [3.63, 3.8) is 0 Å². The number of aryl methyl sites for hydroxylation is 1. The third kappa shape index (κ3) is 5.35. The van der Waals surface area contributed by atoms with Gasteiger partial charge in [-0.25, -0.2) is 0 Å². The van der Waals surface area contributed by atoms with Crippen molar-refractivity contribution >= 4 is 11.8 Å². The summed E-state index contributed by atoms with van der Waals surface area (Å²) in [6, 6.07) is 2.23. The highest BCUT2D eigenvalue weighted by atomic mass is 32.2. The van der Waals surface area contributed by atoms with Gasteiger partial charge in [0.25, 0.3) is 0 Å². The highest BCUT2D eigenvalue weighted by Gasteiger charge is 2.27. The number of furan rings is 1. The van der Waals surface area contributed by atoms with Crippen LogP contribution >= 0.6 is 11.8 Å². The van der Waals surface area contributed by atoms with E-state index in [9.17, 15) is 0 Å². The minimum Gasteiger partial charge on any atom is -0.465 e. The molecule has 1 saturated heterocycles. The van der Waals surface area contributed by atoms with E-state index >= 15 is 0 Å². The summed E-state index contributed by atoms with van der Waals surface area (Å²) in [5, 5.41) is 3.48. The van der Waals surface area contributed by atoms with Gasteiger partial charge >= 0.3 is 0 Å². The van der Waals surface area contributed by atoms with Crippen LogP contribution in [0.5, 0.6) is 0 Å². The van der Waals surface area contributed by atoms with E-state index in [2.05, 4.69) is 69.6 Å². The summed E-state index contributed by atoms with van der Waals surface area (Å²) in [5.74, 6) is 3.34. The molecule has 21 heavy (non-hydrogen) atoms. The number of hydrogen-bond acceptors (Lipinski definition) is 4. The molecule has 0 bridgehead atoms. The van der Waals surface area contributed by atoms with Gasteiger partial charge in [-0.15, -0.1) is 0 Å². The van der Waals surface area contributed by atoms with Crippen LogP contribution in [0.25, 0.3) is 0 Å². The van der Waals surface area contributed by atoms with E-state index in [0.717, 1.165) is 31.2 Å². The summed E-state index contributed by atoms with van der Waals surface area (Å²) in [5.41, 5.74) is 1.46. The molecule has 0 spiro atoms. The number of hydrogen-bond donors (Lipinski definition) is 1. The molecule has 0 saturated carbocycles.